The van der Waals surface area contributed by atoms with Gasteiger partial charge in [0.1, 0.15) is 5.69 Å². The van der Waals surface area contributed by atoms with Crippen LogP contribution in [0.3, 0.4) is 0 Å². The molecule has 0 saturated heterocycles. The molecule has 7 nitrogen and oxygen atoms in total. The summed E-state index contributed by atoms with van der Waals surface area (Å²) in [6.45, 7) is 0. The van der Waals surface area contributed by atoms with Gasteiger partial charge in [0.05, 0.1) is 4.90 Å². The third-order valence-corrected chi connectivity index (χ3v) is 4.14. The number of rotatable bonds is 3. The van der Waals surface area contributed by atoms with E-state index in [9.17, 15) is 18.0 Å². The average Bonchev–Trinajstić information content (AvgIpc) is 2.90. The Hall–Kier alpha value is -2.61. The van der Waals surface area contributed by atoms with E-state index >= 15 is 0 Å². The molecule has 2 amide bonds. The minimum Gasteiger partial charge on any atom is -0.347 e. The summed E-state index contributed by atoms with van der Waals surface area (Å²) in [5.74, 6) is -0.990. The van der Waals surface area contributed by atoms with Gasteiger partial charge in [-0.15, -0.1) is 0 Å². The molecule has 22 heavy (non-hydrogen) atoms. The molecule has 1 heterocycles. The lowest BCUT2D eigenvalue weighted by atomic mass is 10.2. The molecule has 0 unspecified atom stereocenters. The van der Waals surface area contributed by atoms with Crippen molar-refractivity contribution in [2.75, 3.05) is 6.26 Å². The van der Waals surface area contributed by atoms with Crippen LogP contribution in [0.5, 0.6) is 0 Å². The van der Waals surface area contributed by atoms with E-state index < -0.39 is 21.7 Å². The zero-order valence-corrected chi connectivity index (χ0v) is 12.8. The quantitative estimate of drug-likeness (QED) is 0.805. The standard InChI is InChI=1S/C14H15N3O4S/c1-17-9-3-4-12(17)14(19)16-15-13(18)10-5-7-11(8-6-10)22(2,20)21/h3-9H,1-2H3,(H,15,18)(H,16,19). The summed E-state index contributed by atoms with van der Waals surface area (Å²) in [6, 6.07) is 8.75. The van der Waals surface area contributed by atoms with E-state index in [1.165, 1.54) is 24.3 Å². The highest BCUT2D eigenvalue weighted by Crippen LogP contribution is 2.10. The van der Waals surface area contributed by atoms with E-state index in [0.29, 0.717) is 5.69 Å². The number of hydrazine groups is 1. The zero-order valence-electron chi connectivity index (χ0n) is 12.0. The van der Waals surface area contributed by atoms with Crippen molar-refractivity contribution in [2.24, 2.45) is 7.05 Å². The number of sulfone groups is 1. The van der Waals surface area contributed by atoms with Crippen molar-refractivity contribution in [2.45, 2.75) is 4.90 Å². The van der Waals surface area contributed by atoms with Gasteiger partial charge in [0.25, 0.3) is 11.8 Å². The lowest BCUT2D eigenvalue weighted by Crippen LogP contribution is -2.42. The van der Waals surface area contributed by atoms with Gasteiger partial charge in [-0.1, -0.05) is 0 Å². The van der Waals surface area contributed by atoms with Crippen LogP contribution < -0.4 is 10.9 Å². The fraction of sp³-hybridized carbons (Fsp3) is 0.143. The maximum atomic E-state index is 11.9. The molecule has 0 aliphatic carbocycles. The maximum absolute atomic E-state index is 11.9. The van der Waals surface area contributed by atoms with Crippen LogP contribution in [0.4, 0.5) is 0 Å². The number of carbonyl (C=O) groups excluding carboxylic acids is 2. The normalized spacial score (nSPS) is 11.0. The lowest BCUT2D eigenvalue weighted by molar-refractivity contribution is 0.0842. The molecule has 116 valence electrons. The summed E-state index contributed by atoms with van der Waals surface area (Å²) < 4.78 is 24.3. The molecule has 0 saturated carbocycles. The van der Waals surface area contributed by atoms with Crippen LogP contribution in [0, 0.1) is 0 Å². The number of amides is 2. The maximum Gasteiger partial charge on any atom is 0.286 e. The van der Waals surface area contributed by atoms with Crippen molar-refractivity contribution in [1.82, 2.24) is 15.4 Å². The van der Waals surface area contributed by atoms with Crippen molar-refractivity contribution in [3.8, 4) is 0 Å². The fourth-order valence-corrected chi connectivity index (χ4v) is 2.43. The third kappa shape index (κ3) is 3.53. The number of benzene rings is 1. The van der Waals surface area contributed by atoms with Crippen LogP contribution >= 0.6 is 0 Å². The molecule has 0 radical (unpaired) electrons. The number of aromatic nitrogens is 1. The Kier molecular flexibility index (Phi) is 4.32. The molecule has 2 rings (SSSR count). The number of hydrogen-bond donors (Lipinski definition) is 2. The molecule has 1 aromatic heterocycles. The van der Waals surface area contributed by atoms with Crippen LogP contribution in [0.1, 0.15) is 20.8 Å². The van der Waals surface area contributed by atoms with Crippen LogP contribution in [0.15, 0.2) is 47.5 Å². The summed E-state index contributed by atoms with van der Waals surface area (Å²) in [6.07, 6.45) is 2.79. The second-order valence-corrected chi connectivity index (χ2v) is 6.72. The first-order chi connectivity index (χ1) is 10.3. The van der Waals surface area contributed by atoms with Crippen LogP contribution in [-0.4, -0.2) is 31.1 Å². The minimum absolute atomic E-state index is 0.122. The van der Waals surface area contributed by atoms with Gasteiger partial charge >= 0.3 is 0 Å². The number of carbonyl (C=O) groups is 2. The highest BCUT2D eigenvalue weighted by molar-refractivity contribution is 7.90. The largest absolute Gasteiger partial charge is 0.347 e. The third-order valence-electron chi connectivity index (χ3n) is 3.01. The van der Waals surface area contributed by atoms with Crippen molar-refractivity contribution in [1.29, 1.82) is 0 Å². The predicted octanol–water partition coefficient (Wildman–Crippen LogP) is 0.503. The molecule has 0 fully saturated rings. The van der Waals surface area contributed by atoms with E-state index in [4.69, 9.17) is 0 Å². The number of aryl methyl sites for hydroxylation is 1. The summed E-state index contributed by atoms with van der Waals surface area (Å²) >= 11 is 0. The van der Waals surface area contributed by atoms with E-state index in [-0.39, 0.29) is 10.5 Å². The molecule has 2 aromatic rings. The second-order valence-electron chi connectivity index (χ2n) is 4.71. The van der Waals surface area contributed by atoms with Gasteiger partial charge in [-0.2, -0.15) is 0 Å². The van der Waals surface area contributed by atoms with Gasteiger partial charge in [-0.3, -0.25) is 20.4 Å². The van der Waals surface area contributed by atoms with Crippen molar-refractivity contribution < 1.29 is 18.0 Å². The van der Waals surface area contributed by atoms with Crippen LogP contribution in [0.2, 0.25) is 0 Å². The predicted molar refractivity (Wildman–Crippen MR) is 79.9 cm³/mol. The summed E-state index contributed by atoms with van der Waals surface area (Å²) in [4.78, 5) is 23.8. The fourth-order valence-electron chi connectivity index (χ4n) is 1.80. The molecule has 0 spiro atoms. The number of nitrogens with one attached hydrogen (secondary N) is 2. The van der Waals surface area contributed by atoms with Crippen LogP contribution in [-0.2, 0) is 16.9 Å². The first-order valence-corrected chi connectivity index (χ1v) is 8.20. The molecule has 0 atom stereocenters. The molecule has 2 N–H and O–H groups in total. The average molecular weight is 321 g/mol. The van der Waals surface area contributed by atoms with E-state index in [2.05, 4.69) is 10.9 Å². The molecule has 1 aromatic carbocycles. The lowest BCUT2D eigenvalue weighted by Gasteiger charge is -2.08. The first kappa shape index (κ1) is 15.8. The van der Waals surface area contributed by atoms with E-state index in [0.717, 1.165) is 6.26 Å². The van der Waals surface area contributed by atoms with Gasteiger partial charge in [-0.25, -0.2) is 8.42 Å². The SMILES string of the molecule is Cn1cccc1C(=O)NNC(=O)c1ccc(S(C)(=O)=O)cc1. The molecule has 8 heteroatoms. The summed E-state index contributed by atoms with van der Waals surface area (Å²) in [5, 5.41) is 0. The number of hydrogen-bond acceptors (Lipinski definition) is 4. The van der Waals surface area contributed by atoms with Gasteiger partial charge in [-0.05, 0) is 36.4 Å². The zero-order chi connectivity index (χ0) is 16.3. The Morgan fingerprint density at radius 2 is 1.59 bits per heavy atom. The van der Waals surface area contributed by atoms with Crippen LogP contribution in [0.25, 0.3) is 0 Å². The number of nitrogens with zero attached hydrogens (tertiary/aromatic N) is 1. The molecular formula is C14H15N3O4S. The van der Waals surface area contributed by atoms with Gasteiger partial charge < -0.3 is 4.57 Å². The highest BCUT2D eigenvalue weighted by atomic mass is 32.2. The van der Waals surface area contributed by atoms with Crippen molar-refractivity contribution >= 4 is 21.7 Å². The van der Waals surface area contributed by atoms with Gasteiger partial charge in [0, 0.05) is 25.1 Å². The monoisotopic (exact) mass is 321 g/mol. The van der Waals surface area contributed by atoms with Gasteiger partial charge in [0.2, 0.25) is 0 Å². The Morgan fingerprint density at radius 1 is 1.00 bits per heavy atom. The minimum atomic E-state index is -3.31. The second kappa shape index (κ2) is 6.02. The Labute approximate surface area is 127 Å². The topological polar surface area (TPSA) is 97.3 Å². The highest BCUT2D eigenvalue weighted by Gasteiger charge is 2.12. The first-order valence-electron chi connectivity index (χ1n) is 6.31. The van der Waals surface area contributed by atoms with Gasteiger partial charge in [0.15, 0.2) is 9.84 Å². The summed E-state index contributed by atoms with van der Waals surface area (Å²) in [7, 11) is -1.60. The van der Waals surface area contributed by atoms with E-state index in [1.807, 2.05) is 0 Å². The molecule has 0 bridgehead atoms. The molecular weight excluding hydrogens is 306 g/mol. The van der Waals surface area contributed by atoms with Crippen molar-refractivity contribution in [3.05, 3.63) is 53.9 Å². The van der Waals surface area contributed by atoms with Crippen molar-refractivity contribution in [3.63, 3.8) is 0 Å². The summed E-state index contributed by atoms with van der Waals surface area (Å²) in [5.41, 5.74) is 5.19. The Morgan fingerprint density at radius 3 is 2.09 bits per heavy atom. The molecule has 0 aliphatic heterocycles. The van der Waals surface area contributed by atoms with E-state index in [1.54, 1.807) is 29.9 Å². The Bertz CT molecular complexity index is 807. The smallest absolute Gasteiger partial charge is 0.286 e. The Balaban J connectivity index is 2.01. The molecule has 0 aliphatic rings.